The van der Waals surface area contributed by atoms with Crippen LogP contribution >= 0.6 is 0 Å². The second-order valence-corrected chi connectivity index (χ2v) is 1.79. The van der Waals surface area contributed by atoms with Crippen molar-refractivity contribution in [1.29, 1.82) is 0 Å². The molecule has 0 bridgehead atoms. The van der Waals surface area contributed by atoms with Crippen molar-refractivity contribution < 1.29 is 4.52 Å². The number of hydrogen-bond acceptors (Lipinski definition) is 4. The van der Waals surface area contributed by atoms with Gasteiger partial charge in [-0.05, 0) is 0 Å². The number of hydrogen-bond donors (Lipinski definition) is 1. The van der Waals surface area contributed by atoms with Crippen LogP contribution in [-0.2, 0) is 0 Å². The molecule has 0 saturated carbocycles. The Morgan fingerprint density at radius 1 is 1.90 bits per heavy atom. The maximum absolute atomic E-state index is 5.51. The number of nitrogens with zero attached hydrogens (tertiary/aromatic N) is 2. The number of aromatic nitrogens is 2. The molecule has 0 aliphatic rings. The smallest absolute Gasteiger partial charge is 0.244 e. The summed E-state index contributed by atoms with van der Waals surface area (Å²) in [6.07, 6.45) is 6.73. The third-order valence-corrected chi connectivity index (χ3v) is 1.03. The van der Waals surface area contributed by atoms with E-state index in [-0.39, 0.29) is 6.04 Å². The first-order chi connectivity index (χ1) is 4.84. The van der Waals surface area contributed by atoms with E-state index >= 15 is 0 Å². The molecule has 0 amide bonds. The summed E-state index contributed by atoms with van der Waals surface area (Å²) in [7, 11) is 0. The van der Waals surface area contributed by atoms with Gasteiger partial charge in [-0.2, -0.15) is 4.98 Å². The van der Waals surface area contributed by atoms with Crippen LogP contribution < -0.4 is 5.73 Å². The Morgan fingerprint density at radius 2 is 2.70 bits per heavy atom. The van der Waals surface area contributed by atoms with Crippen molar-refractivity contribution in [3.63, 3.8) is 0 Å². The second kappa shape index (κ2) is 2.99. The normalized spacial score (nSPS) is 12.4. The second-order valence-electron chi connectivity index (χ2n) is 1.79. The molecule has 0 aliphatic carbocycles. The van der Waals surface area contributed by atoms with Crippen molar-refractivity contribution in [2.24, 2.45) is 5.73 Å². The molecule has 0 saturated heterocycles. The third kappa shape index (κ3) is 1.33. The molecule has 1 rings (SSSR count). The zero-order valence-corrected chi connectivity index (χ0v) is 5.32. The maximum Gasteiger partial charge on any atom is 0.244 e. The highest BCUT2D eigenvalue weighted by atomic mass is 16.5. The van der Waals surface area contributed by atoms with E-state index in [0.29, 0.717) is 12.3 Å². The summed E-state index contributed by atoms with van der Waals surface area (Å²) in [6.45, 7) is 0. The monoisotopic (exact) mass is 137 g/mol. The van der Waals surface area contributed by atoms with Crippen molar-refractivity contribution in [2.45, 2.75) is 12.5 Å². The molecule has 1 aromatic rings. The molecule has 0 aromatic carbocycles. The number of terminal acetylenes is 1. The molecule has 2 N–H and O–H groups in total. The molecule has 1 heterocycles. The first-order valence-electron chi connectivity index (χ1n) is 2.80. The van der Waals surface area contributed by atoms with Gasteiger partial charge in [0, 0.05) is 6.42 Å². The van der Waals surface area contributed by atoms with Gasteiger partial charge >= 0.3 is 0 Å². The molecule has 0 unspecified atom stereocenters. The summed E-state index contributed by atoms with van der Waals surface area (Å²) >= 11 is 0. The highest BCUT2D eigenvalue weighted by Crippen LogP contribution is 2.07. The van der Waals surface area contributed by atoms with Gasteiger partial charge in [0.15, 0.2) is 6.33 Å². The Bertz CT molecular complexity index is 224. The van der Waals surface area contributed by atoms with E-state index in [0.717, 1.165) is 0 Å². The molecule has 1 atom stereocenters. The number of rotatable bonds is 2. The molecular weight excluding hydrogens is 130 g/mol. The number of nitrogens with two attached hydrogens (primary N) is 1. The summed E-state index contributed by atoms with van der Waals surface area (Å²) in [5.41, 5.74) is 5.51. The minimum atomic E-state index is -0.326. The van der Waals surface area contributed by atoms with Crippen molar-refractivity contribution >= 4 is 0 Å². The average molecular weight is 137 g/mol. The lowest BCUT2D eigenvalue weighted by Gasteiger charge is -1.98. The van der Waals surface area contributed by atoms with Gasteiger partial charge in [0.2, 0.25) is 5.89 Å². The van der Waals surface area contributed by atoms with E-state index in [2.05, 4.69) is 20.6 Å². The van der Waals surface area contributed by atoms with Crippen molar-refractivity contribution in [1.82, 2.24) is 10.1 Å². The SMILES string of the molecule is C#CC[C@H](N)c1ncno1. The lowest BCUT2D eigenvalue weighted by molar-refractivity contribution is 0.355. The average Bonchev–Trinajstić information content (AvgIpc) is 2.38. The zero-order chi connectivity index (χ0) is 7.40. The summed E-state index contributed by atoms with van der Waals surface area (Å²) in [5, 5.41) is 3.39. The highest BCUT2D eigenvalue weighted by Gasteiger charge is 2.08. The van der Waals surface area contributed by atoms with Gasteiger partial charge in [0.25, 0.3) is 0 Å². The Kier molecular flexibility index (Phi) is 2.03. The van der Waals surface area contributed by atoms with Crippen LogP contribution in [0.4, 0.5) is 0 Å². The van der Waals surface area contributed by atoms with E-state index in [1.54, 1.807) is 0 Å². The van der Waals surface area contributed by atoms with Crippen LogP contribution in [0.25, 0.3) is 0 Å². The van der Waals surface area contributed by atoms with E-state index in [1.165, 1.54) is 6.33 Å². The third-order valence-electron chi connectivity index (χ3n) is 1.03. The minimum Gasteiger partial charge on any atom is -0.338 e. The van der Waals surface area contributed by atoms with Crippen LogP contribution in [0.2, 0.25) is 0 Å². The van der Waals surface area contributed by atoms with Crippen molar-refractivity contribution in [3.05, 3.63) is 12.2 Å². The summed E-state index contributed by atoms with van der Waals surface area (Å²) in [6, 6.07) is -0.326. The Morgan fingerprint density at radius 3 is 3.20 bits per heavy atom. The largest absolute Gasteiger partial charge is 0.338 e. The lowest BCUT2D eigenvalue weighted by atomic mass is 10.2. The van der Waals surface area contributed by atoms with Crippen molar-refractivity contribution in [3.8, 4) is 12.3 Å². The fraction of sp³-hybridized carbons (Fsp3) is 0.333. The maximum atomic E-state index is 5.51. The molecular formula is C6H7N3O. The molecule has 1 aromatic heterocycles. The molecule has 10 heavy (non-hydrogen) atoms. The van der Waals surface area contributed by atoms with Crippen LogP contribution in [0.1, 0.15) is 18.4 Å². The molecule has 4 heteroatoms. The molecule has 0 aliphatic heterocycles. The van der Waals surface area contributed by atoms with Gasteiger partial charge in [-0.1, -0.05) is 5.16 Å². The Balaban J connectivity index is 2.61. The van der Waals surface area contributed by atoms with Crippen molar-refractivity contribution in [2.75, 3.05) is 0 Å². The van der Waals surface area contributed by atoms with E-state index in [4.69, 9.17) is 12.2 Å². The van der Waals surface area contributed by atoms with E-state index < -0.39 is 0 Å². The quantitative estimate of drug-likeness (QED) is 0.587. The molecule has 0 radical (unpaired) electrons. The van der Waals surface area contributed by atoms with E-state index in [9.17, 15) is 0 Å². The minimum absolute atomic E-state index is 0.326. The lowest BCUT2D eigenvalue weighted by Crippen LogP contribution is -2.09. The van der Waals surface area contributed by atoms with Crippen LogP contribution in [-0.4, -0.2) is 10.1 Å². The van der Waals surface area contributed by atoms with Gasteiger partial charge < -0.3 is 10.3 Å². The van der Waals surface area contributed by atoms with Gasteiger partial charge in [0.05, 0.1) is 6.04 Å². The van der Waals surface area contributed by atoms with Gasteiger partial charge in [-0.15, -0.1) is 12.3 Å². The Hall–Kier alpha value is -1.34. The topological polar surface area (TPSA) is 64.9 Å². The predicted octanol–water partition coefficient (Wildman–Crippen LogP) is 0.0927. The first kappa shape index (κ1) is 6.78. The van der Waals surface area contributed by atoms with Gasteiger partial charge in [-0.25, -0.2) is 0 Å². The van der Waals surface area contributed by atoms with E-state index in [1.807, 2.05) is 0 Å². The standard InChI is InChI=1S/C6H7N3O/c1-2-3-5(7)6-8-4-9-10-6/h1,4-5H,3,7H2/t5-/m0/s1. The van der Waals surface area contributed by atoms with Crippen LogP contribution in [0.5, 0.6) is 0 Å². The summed E-state index contributed by atoms with van der Waals surface area (Å²) in [4.78, 5) is 3.74. The zero-order valence-electron chi connectivity index (χ0n) is 5.32. The molecule has 0 spiro atoms. The molecule has 0 fully saturated rings. The summed E-state index contributed by atoms with van der Waals surface area (Å²) in [5.74, 6) is 2.79. The van der Waals surface area contributed by atoms with Gasteiger partial charge in [0.1, 0.15) is 0 Å². The van der Waals surface area contributed by atoms with Crippen LogP contribution in [0.3, 0.4) is 0 Å². The predicted molar refractivity (Wildman–Crippen MR) is 34.7 cm³/mol. The molecule has 52 valence electrons. The fourth-order valence-corrected chi connectivity index (χ4v) is 0.559. The first-order valence-corrected chi connectivity index (χ1v) is 2.80. The summed E-state index contributed by atoms with van der Waals surface area (Å²) < 4.78 is 4.67. The molecule has 4 nitrogen and oxygen atoms in total. The Labute approximate surface area is 58.4 Å². The van der Waals surface area contributed by atoms with Crippen LogP contribution in [0.15, 0.2) is 10.9 Å². The van der Waals surface area contributed by atoms with Gasteiger partial charge in [-0.3, -0.25) is 0 Å². The van der Waals surface area contributed by atoms with Crippen LogP contribution in [0, 0.1) is 12.3 Å². The fourth-order valence-electron chi connectivity index (χ4n) is 0.559. The highest BCUT2D eigenvalue weighted by molar-refractivity contribution is 4.95.